The molecule has 0 spiro atoms. The molecule has 1 aliphatic carbocycles. The highest BCUT2D eigenvalue weighted by atomic mass is 79.9. The van der Waals surface area contributed by atoms with Crippen LogP contribution in [0.5, 0.6) is 0 Å². The Morgan fingerprint density at radius 3 is 2.56 bits per heavy atom. The van der Waals surface area contributed by atoms with Crippen molar-refractivity contribution in [2.45, 2.75) is 51.7 Å². The van der Waals surface area contributed by atoms with Crippen LogP contribution in [0.3, 0.4) is 0 Å². The number of benzene rings is 1. The van der Waals surface area contributed by atoms with Crippen LogP contribution in [0.4, 0.5) is 16.2 Å². The van der Waals surface area contributed by atoms with Crippen LogP contribution in [0.15, 0.2) is 22.7 Å². The van der Waals surface area contributed by atoms with Crippen LogP contribution in [-0.4, -0.2) is 31.1 Å². The van der Waals surface area contributed by atoms with Crippen molar-refractivity contribution in [2.24, 2.45) is 5.92 Å². The van der Waals surface area contributed by atoms with Crippen molar-refractivity contribution < 1.29 is 14.3 Å². The molecule has 1 saturated carbocycles. The van der Waals surface area contributed by atoms with Crippen LogP contribution in [0.1, 0.15) is 40.0 Å². The van der Waals surface area contributed by atoms with E-state index in [4.69, 9.17) is 10.5 Å². The maximum Gasteiger partial charge on any atom is 0.407 e. The molecule has 140 valence electrons. The number of carbonyl (C=O) groups is 2. The standard InChI is InChI=1S/C11H19NO3.C7H9BrN2/c1-11(2,3)15-10(14)12-9-6-4-5-8(9)7-13;1-10-7-4-5(8)2-3-6(7)9/h7-9H,4-6H2,1-3H3,(H,12,14);2-4,10H,9H2,1H3. The second kappa shape index (κ2) is 9.65. The maximum atomic E-state index is 11.4. The lowest BCUT2D eigenvalue weighted by Gasteiger charge is -2.22. The molecule has 25 heavy (non-hydrogen) atoms. The fourth-order valence-corrected chi connectivity index (χ4v) is 2.90. The third kappa shape index (κ3) is 7.77. The van der Waals surface area contributed by atoms with Gasteiger partial charge in [0.2, 0.25) is 0 Å². The lowest BCUT2D eigenvalue weighted by atomic mass is 10.1. The Balaban J connectivity index is 0.000000271. The maximum absolute atomic E-state index is 11.4. The van der Waals surface area contributed by atoms with Gasteiger partial charge in [-0.1, -0.05) is 22.4 Å². The van der Waals surface area contributed by atoms with Gasteiger partial charge < -0.3 is 25.9 Å². The van der Waals surface area contributed by atoms with E-state index in [9.17, 15) is 9.59 Å². The Labute approximate surface area is 158 Å². The van der Waals surface area contributed by atoms with Gasteiger partial charge in [-0.05, 0) is 51.8 Å². The quantitative estimate of drug-likeness (QED) is 0.515. The molecule has 1 amide bonds. The highest BCUT2D eigenvalue weighted by Gasteiger charge is 2.29. The Bertz CT molecular complexity index is 587. The molecule has 2 rings (SSSR count). The monoisotopic (exact) mass is 413 g/mol. The Hall–Kier alpha value is -1.76. The first-order valence-corrected chi connectivity index (χ1v) is 9.13. The summed E-state index contributed by atoms with van der Waals surface area (Å²) in [6.45, 7) is 5.45. The fourth-order valence-electron chi connectivity index (χ4n) is 2.53. The van der Waals surface area contributed by atoms with Gasteiger partial charge in [-0.25, -0.2) is 4.79 Å². The average molecular weight is 414 g/mol. The normalized spacial score (nSPS) is 19.4. The molecular formula is C18H28BrN3O3. The van der Waals surface area contributed by atoms with Crippen molar-refractivity contribution in [3.05, 3.63) is 22.7 Å². The summed E-state index contributed by atoms with van der Waals surface area (Å²) in [5.41, 5.74) is 6.85. The molecule has 0 aromatic heterocycles. The third-order valence-electron chi connectivity index (χ3n) is 3.73. The van der Waals surface area contributed by atoms with E-state index in [-0.39, 0.29) is 12.0 Å². The van der Waals surface area contributed by atoms with E-state index in [0.717, 1.165) is 41.4 Å². The number of anilines is 2. The highest BCUT2D eigenvalue weighted by Crippen LogP contribution is 2.24. The summed E-state index contributed by atoms with van der Waals surface area (Å²) in [5.74, 6) is -0.0440. The van der Waals surface area contributed by atoms with Crippen LogP contribution < -0.4 is 16.4 Å². The Morgan fingerprint density at radius 1 is 1.36 bits per heavy atom. The SMILES string of the molecule is CC(C)(C)OC(=O)NC1CCCC1C=O.CNc1cc(Br)ccc1N. The second-order valence-corrected chi connectivity index (χ2v) is 7.88. The van der Waals surface area contributed by atoms with Crippen molar-refractivity contribution in [1.82, 2.24) is 5.32 Å². The Kier molecular flexibility index (Phi) is 8.22. The van der Waals surface area contributed by atoms with Gasteiger partial charge in [0.05, 0.1) is 11.4 Å². The van der Waals surface area contributed by atoms with E-state index in [2.05, 4.69) is 26.6 Å². The number of nitrogens with two attached hydrogens (primary N) is 1. The first-order valence-electron chi connectivity index (χ1n) is 8.34. The first kappa shape index (κ1) is 21.3. The van der Waals surface area contributed by atoms with E-state index < -0.39 is 11.7 Å². The molecule has 0 aliphatic heterocycles. The third-order valence-corrected chi connectivity index (χ3v) is 4.22. The van der Waals surface area contributed by atoms with Crippen molar-refractivity contribution in [3.8, 4) is 0 Å². The van der Waals surface area contributed by atoms with Gasteiger partial charge in [-0.2, -0.15) is 0 Å². The number of rotatable bonds is 3. The van der Waals surface area contributed by atoms with Gasteiger partial charge in [0.15, 0.2) is 0 Å². The van der Waals surface area contributed by atoms with Crippen molar-refractivity contribution >= 4 is 39.7 Å². The predicted molar refractivity (Wildman–Crippen MR) is 105 cm³/mol. The zero-order valence-corrected chi connectivity index (χ0v) is 16.9. The summed E-state index contributed by atoms with van der Waals surface area (Å²) >= 11 is 3.34. The summed E-state index contributed by atoms with van der Waals surface area (Å²) in [6, 6.07) is 5.67. The molecule has 4 N–H and O–H groups in total. The van der Waals surface area contributed by atoms with E-state index in [0.29, 0.717) is 0 Å². The lowest BCUT2D eigenvalue weighted by Crippen LogP contribution is -2.41. The topological polar surface area (TPSA) is 93.4 Å². The second-order valence-electron chi connectivity index (χ2n) is 6.97. The molecule has 0 bridgehead atoms. The minimum atomic E-state index is -0.487. The average Bonchev–Trinajstić information content (AvgIpc) is 2.95. The van der Waals surface area contributed by atoms with Crippen LogP contribution in [-0.2, 0) is 9.53 Å². The molecule has 0 radical (unpaired) electrons. The minimum Gasteiger partial charge on any atom is -0.444 e. The zero-order valence-electron chi connectivity index (χ0n) is 15.3. The van der Waals surface area contributed by atoms with Crippen LogP contribution in [0.25, 0.3) is 0 Å². The van der Waals surface area contributed by atoms with Crippen molar-refractivity contribution in [1.29, 1.82) is 0 Å². The van der Waals surface area contributed by atoms with Crippen LogP contribution in [0.2, 0.25) is 0 Å². The lowest BCUT2D eigenvalue weighted by molar-refractivity contribution is -0.111. The van der Waals surface area contributed by atoms with Crippen LogP contribution in [0, 0.1) is 5.92 Å². The zero-order chi connectivity index (χ0) is 19.0. The number of ether oxygens (including phenoxy) is 1. The largest absolute Gasteiger partial charge is 0.444 e. The number of alkyl carbamates (subject to hydrolysis) is 1. The van der Waals surface area contributed by atoms with Gasteiger partial charge in [0, 0.05) is 23.5 Å². The van der Waals surface area contributed by atoms with Gasteiger partial charge >= 0.3 is 6.09 Å². The molecule has 2 unspecified atom stereocenters. The first-order chi connectivity index (χ1) is 11.7. The molecule has 6 nitrogen and oxygen atoms in total. The number of carbonyl (C=O) groups excluding carboxylic acids is 2. The van der Waals surface area contributed by atoms with Crippen molar-refractivity contribution in [3.63, 3.8) is 0 Å². The van der Waals surface area contributed by atoms with Crippen molar-refractivity contribution in [2.75, 3.05) is 18.1 Å². The van der Waals surface area contributed by atoms with E-state index in [1.807, 2.05) is 46.0 Å². The molecule has 7 heteroatoms. The molecule has 0 heterocycles. The van der Waals surface area contributed by atoms with E-state index >= 15 is 0 Å². The molecular weight excluding hydrogens is 386 g/mol. The number of halogens is 1. The summed E-state index contributed by atoms with van der Waals surface area (Å²) in [6.07, 6.45) is 3.21. The summed E-state index contributed by atoms with van der Waals surface area (Å²) in [5, 5.41) is 5.73. The van der Waals surface area contributed by atoms with Gasteiger partial charge in [-0.3, -0.25) is 0 Å². The fraction of sp³-hybridized carbons (Fsp3) is 0.556. The summed E-state index contributed by atoms with van der Waals surface area (Å²) in [7, 11) is 1.85. The van der Waals surface area contributed by atoms with E-state index in [1.54, 1.807) is 0 Å². The molecule has 1 aliphatic rings. The van der Waals surface area contributed by atoms with Gasteiger partial charge in [0.25, 0.3) is 0 Å². The Morgan fingerprint density at radius 2 is 2.04 bits per heavy atom. The number of nitrogen functional groups attached to an aromatic ring is 1. The van der Waals surface area contributed by atoms with Crippen LogP contribution >= 0.6 is 15.9 Å². The minimum absolute atomic E-state index is 0.0440. The number of aldehydes is 1. The molecule has 1 fully saturated rings. The number of amides is 1. The van der Waals surface area contributed by atoms with Gasteiger partial charge in [0.1, 0.15) is 11.9 Å². The number of hydrogen-bond acceptors (Lipinski definition) is 5. The number of hydrogen-bond donors (Lipinski definition) is 3. The number of nitrogens with one attached hydrogen (secondary N) is 2. The van der Waals surface area contributed by atoms with E-state index in [1.165, 1.54) is 0 Å². The molecule has 0 saturated heterocycles. The molecule has 2 atom stereocenters. The predicted octanol–water partition coefficient (Wildman–Crippen LogP) is 3.95. The molecule has 1 aromatic carbocycles. The summed E-state index contributed by atoms with van der Waals surface area (Å²) < 4.78 is 6.16. The van der Waals surface area contributed by atoms with Gasteiger partial charge in [-0.15, -0.1) is 0 Å². The smallest absolute Gasteiger partial charge is 0.407 e. The molecule has 1 aromatic rings. The summed E-state index contributed by atoms with van der Waals surface area (Å²) in [4.78, 5) is 22.1. The highest BCUT2D eigenvalue weighted by molar-refractivity contribution is 9.10.